The molecule has 0 unspecified atom stereocenters. The Labute approximate surface area is 193 Å². The van der Waals surface area contributed by atoms with Gasteiger partial charge in [-0.15, -0.1) is 5.10 Å². The van der Waals surface area contributed by atoms with Gasteiger partial charge in [0.2, 0.25) is 5.95 Å². The first-order chi connectivity index (χ1) is 16.0. The average Bonchev–Trinajstić information content (AvgIpc) is 3.29. The number of hydrogen-bond donors (Lipinski definition) is 1. The average molecular weight is 483 g/mol. The molecule has 182 valence electrons. The summed E-state index contributed by atoms with van der Waals surface area (Å²) in [4.78, 5) is 13.8. The molecule has 4 heterocycles. The van der Waals surface area contributed by atoms with E-state index in [-0.39, 0.29) is 6.61 Å². The molecular formula is C19H30N8O5S. The van der Waals surface area contributed by atoms with Gasteiger partial charge >= 0.3 is 0 Å². The van der Waals surface area contributed by atoms with Crippen LogP contribution in [-0.4, -0.2) is 98.8 Å². The lowest BCUT2D eigenvalue weighted by Gasteiger charge is -2.31. The Morgan fingerprint density at radius 2 is 1.64 bits per heavy atom. The summed E-state index contributed by atoms with van der Waals surface area (Å²) in [5.74, 6) is 2.26. The van der Waals surface area contributed by atoms with E-state index < -0.39 is 10.1 Å². The zero-order valence-corrected chi connectivity index (χ0v) is 19.5. The highest BCUT2D eigenvalue weighted by Crippen LogP contribution is 2.23. The van der Waals surface area contributed by atoms with Crippen LogP contribution >= 0.6 is 0 Å². The molecule has 0 amide bonds. The van der Waals surface area contributed by atoms with Crippen LogP contribution in [0.1, 0.15) is 12.1 Å². The predicted molar refractivity (Wildman–Crippen MR) is 121 cm³/mol. The maximum Gasteiger partial charge on any atom is 0.264 e. The first-order valence-corrected chi connectivity index (χ1v) is 12.8. The van der Waals surface area contributed by atoms with Crippen LogP contribution in [0, 0.1) is 0 Å². The number of rotatable bonds is 10. The van der Waals surface area contributed by atoms with Crippen LogP contribution in [0.3, 0.4) is 0 Å². The zero-order chi connectivity index (χ0) is 23.1. The van der Waals surface area contributed by atoms with Crippen molar-refractivity contribution in [2.24, 2.45) is 0 Å². The fourth-order valence-corrected chi connectivity index (χ4v) is 3.97. The van der Waals surface area contributed by atoms with Crippen molar-refractivity contribution in [2.75, 3.05) is 80.6 Å². The van der Waals surface area contributed by atoms with E-state index in [9.17, 15) is 8.42 Å². The lowest BCUT2D eigenvalue weighted by Crippen LogP contribution is -2.39. The van der Waals surface area contributed by atoms with Crippen LogP contribution in [0.4, 0.5) is 17.6 Å². The lowest BCUT2D eigenvalue weighted by molar-refractivity contribution is 0.122. The molecule has 2 aromatic rings. The van der Waals surface area contributed by atoms with Crippen LogP contribution in [-0.2, 0) is 36.9 Å². The van der Waals surface area contributed by atoms with Gasteiger partial charge in [-0.05, 0) is 6.42 Å². The van der Waals surface area contributed by atoms with Crippen molar-refractivity contribution in [3.05, 3.63) is 18.0 Å². The summed E-state index contributed by atoms with van der Waals surface area (Å²) in [6, 6.07) is 2.02. The molecule has 2 fully saturated rings. The van der Waals surface area contributed by atoms with Gasteiger partial charge < -0.3 is 24.6 Å². The van der Waals surface area contributed by atoms with Crippen molar-refractivity contribution in [2.45, 2.75) is 19.5 Å². The Hall–Kier alpha value is -2.55. The quantitative estimate of drug-likeness (QED) is 0.352. The molecule has 0 saturated carbocycles. The van der Waals surface area contributed by atoms with Crippen LogP contribution in [0.15, 0.2) is 12.3 Å². The summed E-state index contributed by atoms with van der Waals surface area (Å²) in [7, 11) is -3.43. The number of aromatic nitrogens is 5. The maximum atomic E-state index is 11.0. The highest BCUT2D eigenvalue weighted by atomic mass is 32.2. The van der Waals surface area contributed by atoms with E-state index >= 15 is 0 Å². The first-order valence-electron chi connectivity index (χ1n) is 11.0. The van der Waals surface area contributed by atoms with E-state index in [4.69, 9.17) is 23.6 Å². The summed E-state index contributed by atoms with van der Waals surface area (Å²) >= 11 is 0. The monoisotopic (exact) mass is 482 g/mol. The van der Waals surface area contributed by atoms with Gasteiger partial charge in [-0.2, -0.15) is 18.4 Å². The Morgan fingerprint density at radius 3 is 2.21 bits per heavy atom. The largest absolute Gasteiger partial charge is 0.378 e. The van der Waals surface area contributed by atoms with Crippen molar-refractivity contribution in [3.8, 4) is 0 Å². The summed E-state index contributed by atoms with van der Waals surface area (Å²) in [6.07, 6.45) is 3.35. The van der Waals surface area contributed by atoms with Crippen LogP contribution < -0.4 is 15.1 Å². The highest BCUT2D eigenvalue weighted by molar-refractivity contribution is 7.85. The molecule has 0 spiro atoms. The molecule has 0 aromatic carbocycles. The number of anilines is 3. The molecule has 2 aliphatic rings. The van der Waals surface area contributed by atoms with E-state index in [1.165, 1.54) is 0 Å². The van der Waals surface area contributed by atoms with Crippen LogP contribution in [0.2, 0.25) is 0 Å². The van der Waals surface area contributed by atoms with Gasteiger partial charge in [0.25, 0.3) is 10.1 Å². The normalized spacial score (nSPS) is 17.4. The number of ether oxygens (including phenoxy) is 2. The van der Waals surface area contributed by atoms with Gasteiger partial charge in [0.15, 0.2) is 0 Å². The molecule has 1 N–H and O–H groups in total. The van der Waals surface area contributed by atoms with Gasteiger partial charge in [-0.25, -0.2) is 0 Å². The lowest BCUT2D eigenvalue weighted by atomic mass is 10.3. The molecule has 0 radical (unpaired) electrons. The van der Waals surface area contributed by atoms with Crippen molar-refractivity contribution in [3.63, 3.8) is 0 Å². The molecule has 2 aromatic heterocycles. The number of nitrogens with zero attached hydrogens (tertiary/aromatic N) is 7. The Kier molecular flexibility index (Phi) is 7.90. The van der Waals surface area contributed by atoms with Gasteiger partial charge in [-0.1, -0.05) is 5.21 Å². The molecule has 0 atom stereocenters. The van der Waals surface area contributed by atoms with Gasteiger partial charge in [-0.3, -0.25) is 8.86 Å². The van der Waals surface area contributed by atoms with Gasteiger partial charge in [0.1, 0.15) is 17.3 Å². The summed E-state index contributed by atoms with van der Waals surface area (Å²) < 4.78 is 39.4. The number of hydrogen-bond acceptors (Lipinski definition) is 12. The first kappa shape index (κ1) is 23.6. The molecule has 2 saturated heterocycles. The summed E-state index contributed by atoms with van der Waals surface area (Å²) in [5, 5.41) is 11.5. The smallest absolute Gasteiger partial charge is 0.264 e. The Morgan fingerprint density at radius 1 is 1.03 bits per heavy atom. The second-order valence-electron chi connectivity index (χ2n) is 7.81. The van der Waals surface area contributed by atoms with Gasteiger partial charge in [0.05, 0.1) is 52.0 Å². The van der Waals surface area contributed by atoms with E-state index in [1.54, 1.807) is 4.68 Å². The third-order valence-electron chi connectivity index (χ3n) is 5.21. The fourth-order valence-electron chi connectivity index (χ4n) is 3.55. The van der Waals surface area contributed by atoms with E-state index in [2.05, 4.69) is 25.4 Å². The Bertz CT molecular complexity index is 969. The van der Waals surface area contributed by atoms with E-state index in [1.807, 2.05) is 12.3 Å². The second kappa shape index (κ2) is 11.0. The Balaban J connectivity index is 1.39. The molecule has 33 heavy (non-hydrogen) atoms. The van der Waals surface area contributed by atoms with Gasteiger partial charge in [0, 0.05) is 38.8 Å². The SMILES string of the molecule is CS(=O)(=O)OCCCn1cc(CNc2nc(N3CCOCC3)cc(N3CCOCC3)n2)nn1. The topological polar surface area (TPSA) is 137 Å². The van der Waals surface area contributed by atoms with Crippen molar-refractivity contribution in [1.29, 1.82) is 0 Å². The molecule has 2 aliphatic heterocycles. The minimum absolute atomic E-state index is 0.110. The maximum absolute atomic E-state index is 11.0. The minimum atomic E-state index is -3.43. The fraction of sp³-hybridized carbons (Fsp3) is 0.684. The van der Waals surface area contributed by atoms with Crippen LogP contribution in [0.25, 0.3) is 0 Å². The van der Waals surface area contributed by atoms with Crippen LogP contribution in [0.5, 0.6) is 0 Å². The second-order valence-corrected chi connectivity index (χ2v) is 9.46. The molecule has 4 rings (SSSR count). The third-order valence-corrected chi connectivity index (χ3v) is 5.81. The molecule has 13 nitrogen and oxygen atoms in total. The highest BCUT2D eigenvalue weighted by Gasteiger charge is 2.19. The van der Waals surface area contributed by atoms with E-state index in [0.717, 1.165) is 49.8 Å². The zero-order valence-electron chi connectivity index (χ0n) is 18.7. The standard InChI is InChI=1S/C19H30N8O5S/c1-33(28,29)32-8-2-3-27-15-16(23-24-27)14-20-19-21-17(25-4-9-30-10-5-25)13-18(22-19)26-6-11-31-12-7-26/h13,15H,2-12,14H2,1H3,(H,20,21,22). The number of aryl methyl sites for hydroxylation is 1. The summed E-state index contributed by atoms with van der Waals surface area (Å²) in [6.45, 7) is 6.89. The predicted octanol–water partition coefficient (Wildman–Crippen LogP) is -0.280. The molecular weight excluding hydrogens is 452 g/mol. The number of nitrogens with one attached hydrogen (secondary N) is 1. The summed E-state index contributed by atoms with van der Waals surface area (Å²) in [5.41, 5.74) is 0.729. The third kappa shape index (κ3) is 7.22. The molecule has 0 aliphatic carbocycles. The molecule has 0 bridgehead atoms. The van der Waals surface area contributed by atoms with Crippen molar-refractivity contribution >= 4 is 27.7 Å². The van der Waals surface area contributed by atoms with Crippen molar-refractivity contribution in [1.82, 2.24) is 25.0 Å². The van der Waals surface area contributed by atoms with Crippen molar-refractivity contribution < 1.29 is 22.1 Å². The number of morpholine rings is 2. The minimum Gasteiger partial charge on any atom is -0.378 e. The molecule has 14 heteroatoms. The van der Waals surface area contributed by atoms with E-state index in [0.29, 0.717) is 51.9 Å².